The Morgan fingerprint density at radius 2 is 2.12 bits per heavy atom. The van der Waals surface area contributed by atoms with Gasteiger partial charge in [-0.05, 0) is 31.5 Å². The van der Waals surface area contributed by atoms with Crippen LogP contribution in [0.5, 0.6) is 11.5 Å². The van der Waals surface area contributed by atoms with Crippen molar-refractivity contribution in [2.45, 2.75) is 20.3 Å². The van der Waals surface area contributed by atoms with Gasteiger partial charge in [0.25, 0.3) is 0 Å². The van der Waals surface area contributed by atoms with Crippen LogP contribution in [0, 0.1) is 0 Å². The van der Waals surface area contributed by atoms with Crippen LogP contribution < -0.4 is 4.74 Å². The number of carbonyl (C=O) groups excluding carboxylic acids is 1. The molecule has 1 rings (SSSR count). The van der Waals surface area contributed by atoms with Crippen molar-refractivity contribution in [2.24, 2.45) is 0 Å². The molecule has 0 aliphatic rings. The Balaban J connectivity index is 2.81. The van der Waals surface area contributed by atoms with Crippen molar-refractivity contribution in [2.75, 3.05) is 13.2 Å². The first kappa shape index (κ1) is 12.4. The molecule has 0 fully saturated rings. The standard InChI is InChI=1S/C12H16O4/c1-3-7-16-12(14)9-5-6-10(13)11(8-9)15-4-2/h5-6,8,13H,3-4,7H2,1-2H3. The molecule has 4 heteroatoms. The maximum atomic E-state index is 11.5. The zero-order chi connectivity index (χ0) is 12.0. The molecule has 16 heavy (non-hydrogen) atoms. The third-order valence-corrected chi connectivity index (χ3v) is 1.93. The summed E-state index contributed by atoms with van der Waals surface area (Å²) in [5, 5.41) is 9.45. The van der Waals surface area contributed by atoms with Gasteiger partial charge in [0.1, 0.15) is 0 Å². The van der Waals surface area contributed by atoms with E-state index in [4.69, 9.17) is 9.47 Å². The summed E-state index contributed by atoms with van der Waals surface area (Å²) in [5.41, 5.74) is 0.384. The monoisotopic (exact) mass is 224 g/mol. The molecule has 1 aromatic carbocycles. The Morgan fingerprint density at radius 3 is 2.75 bits per heavy atom. The highest BCUT2D eigenvalue weighted by Gasteiger charge is 2.10. The van der Waals surface area contributed by atoms with Gasteiger partial charge in [0.15, 0.2) is 11.5 Å². The largest absolute Gasteiger partial charge is 0.504 e. The lowest BCUT2D eigenvalue weighted by Gasteiger charge is -2.08. The minimum atomic E-state index is -0.400. The first-order valence-corrected chi connectivity index (χ1v) is 5.32. The highest BCUT2D eigenvalue weighted by molar-refractivity contribution is 5.90. The highest BCUT2D eigenvalue weighted by atomic mass is 16.5. The van der Waals surface area contributed by atoms with Crippen molar-refractivity contribution in [1.29, 1.82) is 0 Å². The summed E-state index contributed by atoms with van der Waals surface area (Å²) < 4.78 is 10.1. The average molecular weight is 224 g/mol. The smallest absolute Gasteiger partial charge is 0.338 e. The van der Waals surface area contributed by atoms with Crippen LogP contribution in [-0.4, -0.2) is 24.3 Å². The zero-order valence-electron chi connectivity index (χ0n) is 9.53. The number of ether oxygens (including phenoxy) is 2. The van der Waals surface area contributed by atoms with Crippen LogP contribution in [0.25, 0.3) is 0 Å². The van der Waals surface area contributed by atoms with Gasteiger partial charge in [-0.2, -0.15) is 0 Å². The molecule has 4 nitrogen and oxygen atoms in total. The minimum absolute atomic E-state index is 0.0221. The molecule has 0 heterocycles. The van der Waals surface area contributed by atoms with E-state index in [2.05, 4.69) is 0 Å². The fourth-order valence-corrected chi connectivity index (χ4v) is 1.19. The Bertz CT molecular complexity index is 360. The molecular formula is C12H16O4. The molecule has 0 unspecified atom stereocenters. The van der Waals surface area contributed by atoms with Crippen molar-refractivity contribution < 1.29 is 19.4 Å². The third kappa shape index (κ3) is 3.15. The van der Waals surface area contributed by atoms with Crippen LogP contribution in [0.1, 0.15) is 30.6 Å². The molecule has 1 aromatic rings. The zero-order valence-corrected chi connectivity index (χ0v) is 9.53. The molecular weight excluding hydrogens is 208 g/mol. The fraction of sp³-hybridized carbons (Fsp3) is 0.417. The number of hydrogen-bond donors (Lipinski definition) is 1. The van der Waals surface area contributed by atoms with E-state index in [1.165, 1.54) is 18.2 Å². The van der Waals surface area contributed by atoms with E-state index in [-0.39, 0.29) is 5.75 Å². The molecule has 0 aliphatic carbocycles. The predicted molar refractivity (Wildman–Crippen MR) is 59.8 cm³/mol. The van der Waals surface area contributed by atoms with Crippen LogP contribution in [0.15, 0.2) is 18.2 Å². The molecule has 0 spiro atoms. The lowest BCUT2D eigenvalue weighted by Crippen LogP contribution is -2.06. The van der Waals surface area contributed by atoms with Crippen molar-refractivity contribution in [3.8, 4) is 11.5 Å². The Morgan fingerprint density at radius 1 is 1.38 bits per heavy atom. The molecule has 0 radical (unpaired) electrons. The van der Waals surface area contributed by atoms with E-state index in [0.717, 1.165) is 6.42 Å². The molecule has 0 aliphatic heterocycles. The van der Waals surface area contributed by atoms with Gasteiger partial charge >= 0.3 is 5.97 Å². The van der Waals surface area contributed by atoms with E-state index in [1.807, 2.05) is 13.8 Å². The minimum Gasteiger partial charge on any atom is -0.504 e. The van der Waals surface area contributed by atoms with Gasteiger partial charge in [-0.25, -0.2) is 4.79 Å². The van der Waals surface area contributed by atoms with Crippen LogP contribution in [-0.2, 0) is 4.74 Å². The number of hydrogen-bond acceptors (Lipinski definition) is 4. The van der Waals surface area contributed by atoms with Crippen molar-refractivity contribution in [3.63, 3.8) is 0 Å². The second-order valence-corrected chi connectivity index (χ2v) is 3.25. The molecule has 88 valence electrons. The van der Waals surface area contributed by atoms with Gasteiger partial charge in [0, 0.05) is 0 Å². The van der Waals surface area contributed by atoms with E-state index >= 15 is 0 Å². The van der Waals surface area contributed by atoms with Gasteiger partial charge in [-0.3, -0.25) is 0 Å². The summed E-state index contributed by atoms with van der Waals surface area (Å²) in [6, 6.07) is 4.42. The van der Waals surface area contributed by atoms with Crippen molar-refractivity contribution in [3.05, 3.63) is 23.8 Å². The van der Waals surface area contributed by atoms with Crippen molar-refractivity contribution >= 4 is 5.97 Å². The normalized spacial score (nSPS) is 9.88. The number of phenolic OH excluding ortho intramolecular Hbond substituents is 1. The molecule has 0 saturated heterocycles. The summed E-state index contributed by atoms with van der Waals surface area (Å²) in [5.74, 6) is -0.0786. The average Bonchev–Trinajstić information content (AvgIpc) is 2.29. The maximum absolute atomic E-state index is 11.5. The van der Waals surface area contributed by atoms with Crippen LogP contribution in [0.2, 0.25) is 0 Å². The molecule has 0 atom stereocenters. The second kappa shape index (κ2) is 6.00. The number of carbonyl (C=O) groups is 1. The van der Waals surface area contributed by atoms with Crippen LogP contribution >= 0.6 is 0 Å². The van der Waals surface area contributed by atoms with Gasteiger partial charge in [-0.15, -0.1) is 0 Å². The van der Waals surface area contributed by atoms with Gasteiger partial charge < -0.3 is 14.6 Å². The number of aromatic hydroxyl groups is 1. The van der Waals surface area contributed by atoms with E-state index < -0.39 is 5.97 Å². The molecule has 0 amide bonds. The number of phenols is 1. The molecule has 1 N–H and O–H groups in total. The Kier molecular flexibility index (Phi) is 4.64. The quantitative estimate of drug-likeness (QED) is 0.780. The molecule has 0 saturated carbocycles. The number of esters is 1. The van der Waals surface area contributed by atoms with E-state index in [0.29, 0.717) is 24.5 Å². The Labute approximate surface area is 94.8 Å². The summed E-state index contributed by atoms with van der Waals surface area (Å²) in [6.07, 6.45) is 0.780. The fourth-order valence-electron chi connectivity index (χ4n) is 1.19. The van der Waals surface area contributed by atoms with Gasteiger partial charge in [0.2, 0.25) is 0 Å². The van der Waals surface area contributed by atoms with Crippen molar-refractivity contribution in [1.82, 2.24) is 0 Å². The summed E-state index contributed by atoms with van der Waals surface area (Å²) in [6.45, 7) is 4.56. The summed E-state index contributed by atoms with van der Waals surface area (Å²) >= 11 is 0. The van der Waals surface area contributed by atoms with E-state index in [1.54, 1.807) is 0 Å². The molecule has 0 bridgehead atoms. The SMILES string of the molecule is CCCOC(=O)c1ccc(O)c(OCC)c1. The van der Waals surface area contributed by atoms with E-state index in [9.17, 15) is 9.90 Å². The summed E-state index contributed by atoms with van der Waals surface area (Å²) in [4.78, 5) is 11.5. The second-order valence-electron chi connectivity index (χ2n) is 3.25. The summed E-state index contributed by atoms with van der Waals surface area (Å²) in [7, 11) is 0. The molecule has 0 aromatic heterocycles. The van der Waals surface area contributed by atoms with Crippen LogP contribution in [0.4, 0.5) is 0 Å². The number of benzene rings is 1. The Hall–Kier alpha value is -1.71. The topological polar surface area (TPSA) is 55.8 Å². The van der Waals surface area contributed by atoms with Crippen LogP contribution in [0.3, 0.4) is 0 Å². The third-order valence-electron chi connectivity index (χ3n) is 1.93. The predicted octanol–water partition coefficient (Wildman–Crippen LogP) is 2.36. The first-order valence-electron chi connectivity index (χ1n) is 5.32. The number of rotatable bonds is 5. The highest BCUT2D eigenvalue weighted by Crippen LogP contribution is 2.27. The van der Waals surface area contributed by atoms with Gasteiger partial charge in [0.05, 0.1) is 18.8 Å². The first-order chi connectivity index (χ1) is 7.69. The van der Waals surface area contributed by atoms with Gasteiger partial charge in [-0.1, -0.05) is 6.92 Å². The lowest BCUT2D eigenvalue weighted by molar-refractivity contribution is 0.0504. The lowest BCUT2D eigenvalue weighted by atomic mass is 10.2. The maximum Gasteiger partial charge on any atom is 0.338 e.